The Morgan fingerprint density at radius 2 is 1.56 bits per heavy atom. The first-order chi connectivity index (χ1) is 13.3. The molecule has 1 aromatic carbocycles. The quantitative estimate of drug-likeness (QED) is 0.596. The largest absolute Gasteiger partial charge is 0.313 e. The van der Waals surface area contributed by atoms with Gasteiger partial charge in [0.15, 0.2) is 0 Å². The van der Waals surface area contributed by atoms with Crippen molar-refractivity contribution >= 4 is 33.8 Å². The van der Waals surface area contributed by atoms with Crippen LogP contribution in [0.25, 0.3) is 21.9 Å². The minimum absolute atomic E-state index is 0.204. The van der Waals surface area contributed by atoms with Gasteiger partial charge in [-0.1, -0.05) is 59.7 Å². The second-order valence-electron chi connectivity index (χ2n) is 5.23. The first kappa shape index (κ1) is 22.4. The molecule has 2 amide bonds. The number of para-hydroxylation sites is 1. The van der Waals surface area contributed by atoms with Crippen molar-refractivity contribution in [2.75, 3.05) is 0 Å². The van der Waals surface area contributed by atoms with Crippen molar-refractivity contribution in [2.45, 2.75) is 60.4 Å². The molecule has 0 bridgehead atoms. The zero-order chi connectivity index (χ0) is 20.4. The third kappa shape index (κ3) is 4.54. The zero-order valence-corrected chi connectivity index (χ0v) is 17.2. The lowest BCUT2D eigenvalue weighted by Crippen LogP contribution is -2.41. The lowest BCUT2D eigenvalue weighted by molar-refractivity contribution is -0.135. The maximum atomic E-state index is 12.2. The minimum atomic E-state index is -0.389. The molecule has 0 spiro atoms. The monoisotopic (exact) mass is 369 g/mol. The number of hydrogen-bond acceptors (Lipinski definition) is 3. The smallest absolute Gasteiger partial charge is 0.249 e. The Labute approximate surface area is 161 Å². The van der Waals surface area contributed by atoms with Crippen LogP contribution in [-0.2, 0) is 9.59 Å². The second-order valence-corrected chi connectivity index (χ2v) is 5.23. The Morgan fingerprint density at radius 1 is 0.926 bits per heavy atom. The summed E-state index contributed by atoms with van der Waals surface area (Å²) in [6, 6.07) is 11.5. The van der Waals surface area contributed by atoms with Gasteiger partial charge in [0, 0.05) is 23.4 Å². The molecule has 5 nitrogen and oxygen atoms in total. The lowest BCUT2D eigenvalue weighted by atomic mass is 10.1. The number of carbonyl (C=O) groups excluding carboxylic acids is 2. The summed E-state index contributed by atoms with van der Waals surface area (Å²) >= 11 is 0. The number of nitrogens with one attached hydrogen (secondary N) is 1. The number of hydrogen-bond donors (Lipinski definition) is 1. The van der Waals surface area contributed by atoms with E-state index >= 15 is 0 Å². The zero-order valence-electron chi connectivity index (χ0n) is 17.2. The SMILES string of the molecule is CC.CC.CC.O=C1CCC(n2c3ccccc3c3cccnc32)C(=O)N1. The number of nitrogens with zero attached hydrogens (tertiary/aromatic N) is 2. The van der Waals surface area contributed by atoms with Crippen LogP contribution in [-0.4, -0.2) is 21.4 Å². The van der Waals surface area contributed by atoms with Crippen LogP contribution in [0.2, 0.25) is 0 Å². The van der Waals surface area contributed by atoms with E-state index in [-0.39, 0.29) is 17.9 Å². The molecule has 3 aromatic rings. The van der Waals surface area contributed by atoms with E-state index in [1.165, 1.54) is 0 Å². The highest BCUT2D eigenvalue weighted by molar-refractivity contribution is 6.08. The molecule has 0 radical (unpaired) electrons. The van der Waals surface area contributed by atoms with Crippen LogP contribution in [0.1, 0.15) is 60.4 Å². The summed E-state index contributed by atoms with van der Waals surface area (Å²) < 4.78 is 1.95. The number of pyridine rings is 1. The molecular weight excluding hydrogens is 338 g/mol. The number of carbonyl (C=O) groups is 2. The minimum Gasteiger partial charge on any atom is -0.313 e. The highest BCUT2D eigenvalue weighted by Gasteiger charge is 2.30. The normalized spacial score (nSPS) is 15.6. The number of amides is 2. The van der Waals surface area contributed by atoms with Crippen molar-refractivity contribution in [3.63, 3.8) is 0 Å². The third-order valence-corrected chi connectivity index (χ3v) is 3.99. The number of imide groups is 1. The average molecular weight is 370 g/mol. The predicted molar refractivity (Wildman–Crippen MR) is 113 cm³/mol. The van der Waals surface area contributed by atoms with Gasteiger partial charge in [0.1, 0.15) is 11.7 Å². The van der Waals surface area contributed by atoms with Crippen LogP contribution in [0.15, 0.2) is 42.6 Å². The topological polar surface area (TPSA) is 64.0 Å². The van der Waals surface area contributed by atoms with E-state index < -0.39 is 0 Å². The summed E-state index contributed by atoms with van der Waals surface area (Å²) in [6.45, 7) is 12.0. The van der Waals surface area contributed by atoms with E-state index in [1.54, 1.807) is 6.20 Å². The molecule has 0 saturated carbocycles. The van der Waals surface area contributed by atoms with E-state index in [2.05, 4.69) is 10.3 Å². The Kier molecular flexibility index (Phi) is 9.20. The molecule has 1 atom stereocenters. The molecule has 3 heterocycles. The Hall–Kier alpha value is -2.69. The maximum absolute atomic E-state index is 12.2. The highest BCUT2D eigenvalue weighted by atomic mass is 16.2. The van der Waals surface area contributed by atoms with Crippen molar-refractivity contribution in [1.82, 2.24) is 14.9 Å². The Balaban J connectivity index is 0.000000556. The Bertz CT molecular complexity index is 830. The summed E-state index contributed by atoms with van der Waals surface area (Å²) in [7, 11) is 0. The number of aromatic nitrogens is 2. The van der Waals surface area contributed by atoms with Crippen LogP contribution in [0.3, 0.4) is 0 Å². The number of rotatable bonds is 1. The van der Waals surface area contributed by atoms with Crippen molar-refractivity contribution in [2.24, 2.45) is 0 Å². The highest BCUT2D eigenvalue weighted by Crippen LogP contribution is 2.32. The van der Waals surface area contributed by atoms with Gasteiger partial charge < -0.3 is 4.57 Å². The molecule has 5 heteroatoms. The van der Waals surface area contributed by atoms with Gasteiger partial charge in [-0.25, -0.2) is 4.98 Å². The van der Waals surface area contributed by atoms with Gasteiger partial charge in [0.05, 0.1) is 5.52 Å². The summed E-state index contributed by atoms with van der Waals surface area (Å²) in [5.41, 5.74) is 1.76. The average Bonchev–Trinajstić information content (AvgIpc) is 3.07. The predicted octanol–water partition coefficient (Wildman–Crippen LogP) is 5.25. The van der Waals surface area contributed by atoms with Crippen molar-refractivity contribution in [1.29, 1.82) is 0 Å². The summed E-state index contributed by atoms with van der Waals surface area (Å²) in [4.78, 5) is 28.0. The first-order valence-corrected chi connectivity index (χ1v) is 9.93. The molecule has 2 aromatic heterocycles. The van der Waals surface area contributed by atoms with E-state index in [9.17, 15) is 9.59 Å². The number of benzene rings is 1. The first-order valence-electron chi connectivity index (χ1n) is 9.93. The lowest BCUT2D eigenvalue weighted by Gasteiger charge is -2.23. The molecule has 1 unspecified atom stereocenters. The fourth-order valence-electron chi connectivity index (χ4n) is 3.07. The van der Waals surface area contributed by atoms with E-state index in [0.29, 0.717) is 12.8 Å². The van der Waals surface area contributed by atoms with Crippen molar-refractivity contribution in [3.8, 4) is 0 Å². The fourth-order valence-corrected chi connectivity index (χ4v) is 3.07. The van der Waals surface area contributed by atoms with Crippen LogP contribution in [0, 0.1) is 0 Å². The second kappa shape index (κ2) is 11.1. The van der Waals surface area contributed by atoms with Crippen LogP contribution in [0.5, 0.6) is 0 Å². The molecule has 146 valence electrons. The van der Waals surface area contributed by atoms with Gasteiger partial charge >= 0.3 is 0 Å². The van der Waals surface area contributed by atoms with Crippen molar-refractivity contribution in [3.05, 3.63) is 42.6 Å². The number of piperidine rings is 1. The maximum Gasteiger partial charge on any atom is 0.249 e. The summed E-state index contributed by atoms with van der Waals surface area (Å²) in [5.74, 6) is -0.454. The van der Waals surface area contributed by atoms with Crippen LogP contribution in [0.4, 0.5) is 0 Å². The van der Waals surface area contributed by atoms with Crippen LogP contribution < -0.4 is 5.32 Å². The van der Waals surface area contributed by atoms with Crippen LogP contribution >= 0.6 is 0 Å². The summed E-state index contributed by atoms with van der Waals surface area (Å²) in [5, 5.41) is 4.52. The molecular formula is C22H31N3O2. The van der Waals surface area contributed by atoms with Gasteiger partial charge in [-0.05, 0) is 24.6 Å². The van der Waals surface area contributed by atoms with Gasteiger partial charge in [-0.15, -0.1) is 0 Å². The van der Waals surface area contributed by atoms with E-state index in [1.807, 2.05) is 82.5 Å². The number of fused-ring (bicyclic) bond motifs is 3. The molecule has 0 aliphatic carbocycles. The van der Waals surface area contributed by atoms with E-state index in [0.717, 1.165) is 21.9 Å². The standard InChI is InChI=1S/C16H13N3O2.3C2H6/c20-14-8-7-13(16(21)18-14)19-12-6-2-1-4-10(12)11-5-3-9-17-15(11)19;3*1-2/h1-6,9,13H,7-8H2,(H,18,20,21);3*1-2H3. The van der Waals surface area contributed by atoms with Gasteiger partial charge in [-0.3, -0.25) is 14.9 Å². The molecule has 1 saturated heterocycles. The summed E-state index contributed by atoms with van der Waals surface area (Å²) in [6.07, 6.45) is 2.59. The molecule has 1 aliphatic rings. The van der Waals surface area contributed by atoms with Gasteiger partial charge in [0.25, 0.3) is 0 Å². The van der Waals surface area contributed by atoms with Gasteiger partial charge in [0.2, 0.25) is 11.8 Å². The fraction of sp³-hybridized carbons (Fsp3) is 0.409. The molecule has 27 heavy (non-hydrogen) atoms. The Morgan fingerprint density at radius 3 is 2.22 bits per heavy atom. The van der Waals surface area contributed by atoms with Crippen molar-refractivity contribution < 1.29 is 9.59 Å². The third-order valence-electron chi connectivity index (χ3n) is 3.99. The molecule has 1 fully saturated rings. The molecule has 1 aliphatic heterocycles. The van der Waals surface area contributed by atoms with E-state index in [4.69, 9.17) is 0 Å². The molecule has 4 rings (SSSR count). The van der Waals surface area contributed by atoms with Gasteiger partial charge in [-0.2, -0.15) is 0 Å². The molecule has 1 N–H and O–H groups in total.